The van der Waals surface area contributed by atoms with Crippen molar-refractivity contribution >= 4 is 6.08 Å². The Bertz CT molecular complexity index is 459. The molecule has 0 spiro atoms. The van der Waals surface area contributed by atoms with Gasteiger partial charge in [-0.05, 0) is 24.6 Å². The van der Waals surface area contributed by atoms with Gasteiger partial charge in [-0.2, -0.15) is 8.78 Å². The van der Waals surface area contributed by atoms with Gasteiger partial charge in [0.15, 0.2) is 11.5 Å². The van der Waals surface area contributed by atoms with E-state index in [4.69, 9.17) is 4.74 Å². The lowest BCUT2D eigenvalue weighted by atomic mass is 10.1. The maximum atomic E-state index is 12.3. The van der Waals surface area contributed by atoms with Gasteiger partial charge in [0.1, 0.15) is 0 Å². The SMILES string of the molecule is COc1ccc(C=C(C)CNC(C)C)cc1OC(F)F. The molecule has 0 aliphatic rings. The van der Waals surface area contributed by atoms with Gasteiger partial charge in [0.05, 0.1) is 7.11 Å². The molecule has 0 saturated heterocycles. The van der Waals surface area contributed by atoms with Crippen LogP contribution >= 0.6 is 0 Å². The second kappa shape index (κ2) is 7.85. The molecule has 0 amide bonds. The molecular weight excluding hydrogens is 264 g/mol. The van der Waals surface area contributed by atoms with E-state index in [0.29, 0.717) is 11.8 Å². The fourth-order valence-electron chi connectivity index (χ4n) is 1.67. The number of hydrogen-bond donors (Lipinski definition) is 1. The van der Waals surface area contributed by atoms with Gasteiger partial charge in [0, 0.05) is 12.6 Å². The van der Waals surface area contributed by atoms with Crippen LogP contribution in [0.3, 0.4) is 0 Å². The van der Waals surface area contributed by atoms with Crippen molar-refractivity contribution in [1.29, 1.82) is 0 Å². The monoisotopic (exact) mass is 285 g/mol. The third-order valence-corrected chi connectivity index (χ3v) is 2.61. The Morgan fingerprint density at radius 1 is 1.30 bits per heavy atom. The second-order valence-corrected chi connectivity index (χ2v) is 4.82. The van der Waals surface area contributed by atoms with Crippen molar-refractivity contribution in [3.8, 4) is 11.5 Å². The third kappa shape index (κ3) is 5.57. The number of ether oxygens (including phenoxy) is 2. The minimum atomic E-state index is -2.87. The van der Waals surface area contributed by atoms with E-state index in [0.717, 1.165) is 17.7 Å². The molecule has 0 radical (unpaired) electrons. The van der Waals surface area contributed by atoms with Crippen LogP contribution in [-0.4, -0.2) is 26.3 Å². The van der Waals surface area contributed by atoms with Gasteiger partial charge in [0.25, 0.3) is 0 Å². The maximum absolute atomic E-state index is 12.3. The van der Waals surface area contributed by atoms with Crippen molar-refractivity contribution in [3.05, 3.63) is 29.3 Å². The van der Waals surface area contributed by atoms with Gasteiger partial charge < -0.3 is 14.8 Å². The van der Waals surface area contributed by atoms with Gasteiger partial charge in [-0.1, -0.05) is 31.6 Å². The number of benzene rings is 1. The highest BCUT2D eigenvalue weighted by Crippen LogP contribution is 2.30. The fraction of sp³-hybridized carbons (Fsp3) is 0.467. The van der Waals surface area contributed by atoms with E-state index in [2.05, 4.69) is 23.9 Å². The lowest BCUT2D eigenvalue weighted by Crippen LogP contribution is -2.24. The molecule has 1 rings (SSSR count). The van der Waals surface area contributed by atoms with Crippen molar-refractivity contribution < 1.29 is 18.3 Å². The minimum Gasteiger partial charge on any atom is -0.493 e. The molecule has 0 heterocycles. The standard InChI is InChI=1S/C15H21F2NO2/c1-10(2)18-9-11(3)7-12-5-6-13(19-4)14(8-12)20-15(16)17/h5-8,10,15,18H,9H2,1-4H3. The Labute approximate surface area is 118 Å². The molecule has 0 bridgehead atoms. The van der Waals surface area contributed by atoms with Crippen LogP contribution in [0.1, 0.15) is 26.3 Å². The summed E-state index contributed by atoms with van der Waals surface area (Å²) in [5.41, 5.74) is 1.90. The van der Waals surface area contributed by atoms with Gasteiger partial charge in [0.2, 0.25) is 0 Å². The number of alkyl halides is 2. The summed E-state index contributed by atoms with van der Waals surface area (Å²) in [6.07, 6.45) is 1.92. The molecule has 0 unspecified atom stereocenters. The normalized spacial score (nSPS) is 12.1. The predicted octanol–water partition coefficient (Wildman–Crippen LogP) is 3.70. The average Bonchev–Trinajstić information content (AvgIpc) is 2.36. The molecule has 3 nitrogen and oxygen atoms in total. The van der Waals surface area contributed by atoms with Crippen LogP contribution in [0.5, 0.6) is 11.5 Å². The van der Waals surface area contributed by atoms with E-state index in [1.165, 1.54) is 7.11 Å². The van der Waals surface area contributed by atoms with Crippen molar-refractivity contribution in [3.63, 3.8) is 0 Å². The number of nitrogens with one attached hydrogen (secondary N) is 1. The summed E-state index contributed by atoms with van der Waals surface area (Å²) in [5, 5.41) is 3.29. The van der Waals surface area contributed by atoms with Gasteiger partial charge >= 0.3 is 6.61 Å². The minimum absolute atomic E-state index is 0.0425. The van der Waals surface area contributed by atoms with Gasteiger partial charge in [-0.25, -0.2) is 0 Å². The van der Waals surface area contributed by atoms with Crippen molar-refractivity contribution in [2.75, 3.05) is 13.7 Å². The van der Waals surface area contributed by atoms with Gasteiger partial charge in [-0.3, -0.25) is 0 Å². The lowest BCUT2D eigenvalue weighted by molar-refractivity contribution is -0.0512. The van der Waals surface area contributed by atoms with E-state index >= 15 is 0 Å². The van der Waals surface area contributed by atoms with Crippen molar-refractivity contribution in [2.45, 2.75) is 33.4 Å². The van der Waals surface area contributed by atoms with E-state index in [1.807, 2.05) is 13.0 Å². The Kier molecular flexibility index (Phi) is 6.45. The molecule has 112 valence electrons. The molecule has 0 atom stereocenters. The fourth-order valence-corrected chi connectivity index (χ4v) is 1.67. The Morgan fingerprint density at radius 3 is 2.55 bits per heavy atom. The lowest BCUT2D eigenvalue weighted by Gasteiger charge is -2.11. The Balaban J connectivity index is 2.87. The predicted molar refractivity (Wildman–Crippen MR) is 76.4 cm³/mol. The first-order chi connectivity index (χ1) is 9.42. The average molecular weight is 285 g/mol. The van der Waals surface area contributed by atoms with E-state index in [9.17, 15) is 8.78 Å². The number of halogens is 2. The van der Waals surface area contributed by atoms with Crippen LogP contribution in [0.15, 0.2) is 23.8 Å². The van der Waals surface area contributed by atoms with E-state index < -0.39 is 6.61 Å². The zero-order valence-corrected chi connectivity index (χ0v) is 12.2. The summed E-state index contributed by atoms with van der Waals surface area (Å²) in [6.45, 7) is 3.98. The third-order valence-electron chi connectivity index (χ3n) is 2.61. The molecule has 0 fully saturated rings. The highest BCUT2D eigenvalue weighted by molar-refractivity contribution is 5.58. The maximum Gasteiger partial charge on any atom is 0.387 e. The summed E-state index contributed by atoms with van der Waals surface area (Å²) >= 11 is 0. The summed E-state index contributed by atoms with van der Waals surface area (Å²) in [5.74, 6) is 0.335. The number of hydrogen-bond acceptors (Lipinski definition) is 3. The summed E-state index contributed by atoms with van der Waals surface area (Å²) < 4.78 is 34.1. The smallest absolute Gasteiger partial charge is 0.387 e. The summed E-state index contributed by atoms with van der Waals surface area (Å²) in [4.78, 5) is 0. The van der Waals surface area contributed by atoms with E-state index in [-0.39, 0.29) is 5.75 Å². The molecule has 1 N–H and O–H groups in total. The number of rotatable bonds is 7. The molecule has 0 aliphatic carbocycles. The quantitative estimate of drug-likeness (QED) is 0.828. The van der Waals surface area contributed by atoms with Crippen LogP contribution in [-0.2, 0) is 0 Å². The zero-order valence-electron chi connectivity index (χ0n) is 12.2. The molecule has 20 heavy (non-hydrogen) atoms. The van der Waals surface area contributed by atoms with Crippen molar-refractivity contribution in [2.24, 2.45) is 0 Å². The first-order valence-electron chi connectivity index (χ1n) is 6.45. The summed E-state index contributed by atoms with van der Waals surface area (Å²) in [7, 11) is 1.42. The Hall–Kier alpha value is -1.62. The van der Waals surface area contributed by atoms with Crippen molar-refractivity contribution in [1.82, 2.24) is 5.32 Å². The zero-order chi connectivity index (χ0) is 15.1. The number of methoxy groups -OCH3 is 1. The van der Waals surface area contributed by atoms with Crippen LogP contribution < -0.4 is 14.8 Å². The first kappa shape index (κ1) is 16.4. The van der Waals surface area contributed by atoms with Crippen LogP contribution in [0.4, 0.5) is 8.78 Å². The first-order valence-corrected chi connectivity index (χ1v) is 6.45. The van der Waals surface area contributed by atoms with Crippen LogP contribution in [0.25, 0.3) is 6.08 Å². The van der Waals surface area contributed by atoms with Gasteiger partial charge in [-0.15, -0.1) is 0 Å². The molecule has 1 aromatic carbocycles. The molecular formula is C15H21F2NO2. The molecule has 0 aliphatic heterocycles. The largest absolute Gasteiger partial charge is 0.493 e. The Morgan fingerprint density at radius 2 is 2.00 bits per heavy atom. The topological polar surface area (TPSA) is 30.5 Å². The molecule has 5 heteroatoms. The molecule has 0 aromatic heterocycles. The highest BCUT2D eigenvalue weighted by Gasteiger charge is 2.10. The second-order valence-electron chi connectivity index (χ2n) is 4.82. The van der Waals surface area contributed by atoms with Crippen LogP contribution in [0.2, 0.25) is 0 Å². The van der Waals surface area contributed by atoms with E-state index in [1.54, 1.807) is 18.2 Å². The highest BCUT2D eigenvalue weighted by atomic mass is 19.3. The van der Waals surface area contributed by atoms with Crippen LogP contribution in [0, 0.1) is 0 Å². The molecule has 0 saturated carbocycles. The summed E-state index contributed by atoms with van der Waals surface area (Å²) in [6, 6.07) is 5.36. The molecule has 1 aromatic rings.